The minimum atomic E-state index is 0.290. The second-order valence-electron chi connectivity index (χ2n) is 3.90. The fourth-order valence-electron chi connectivity index (χ4n) is 1.76. The van der Waals surface area contributed by atoms with Crippen molar-refractivity contribution < 1.29 is 0 Å². The van der Waals surface area contributed by atoms with Gasteiger partial charge in [0.15, 0.2) is 5.82 Å². The molecular weight excluding hydrogens is 248 g/mol. The third-order valence-corrected chi connectivity index (χ3v) is 3.13. The Morgan fingerprint density at radius 2 is 1.94 bits per heavy atom. The highest BCUT2D eigenvalue weighted by Crippen LogP contribution is 2.24. The molecular formula is C13H15ClN4. The number of nitrogens with zero attached hydrogens (tertiary/aromatic N) is 2. The van der Waals surface area contributed by atoms with Crippen LogP contribution in [0.25, 0.3) is 0 Å². The van der Waals surface area contributed by atoms with Crippen molar-refractivity contribution in [2.45, 2.75) is 19.9 Å². The van der Waals surface area contributed by atoms with Gasteiger partial charge in [0, 0.05) is 6.54 Å². The van der Waals surface area contributed by atoms with Crippen molar-refractivity contribution in [3.63, 3.8) is 0 Å². The first kappa shape index (κ1) is 12.6. The molecule has 0 unspecified atom stereocenters. The molecule has 4 nitrogen and oxygen atoms in total. The zero-order valence-corrected chi connectivity index (χ0v) is 10.9. The molecule has 0 amide bonds. The quantitative estimate of drug-likeness (QED) is 0.889. The van der Waals surface area contributed by atoms with Crippen molar-refractivity contribution in [3.8, 4) is 0 Å². The van der Waals surface area contributed by atoms with E-state index in [1.807, 2.05) is 12.1 Å². The average molecular weight is 263 g/mol. The summed E-state index contributed by atoms with van der Waals surface area (Å²) in [6, 6.07) is 8.27. The molecule has 0 fully saturated rings. The summed E-state index contributed by atoms with van der Waals surface area (Å²) in [7, 11) is 0. The molecule has 1 aromatic carbocycles. The predicted molar refractivity (Wildman–Crippen MR) is 74.6 cm³/mol. The van der Waals surface area contributed by atoms with Crippen molar-refractivity contribution in [2.24, 2.45) is 0 Å². The van der Waals surface area contributed by atoms with Gasteiger partial charge in [0.2, 0.25) is 0 Å². The van der Waals surface area contributed by atoms with Crippen LogP contribution in [0.4, 0.5) is 11.6 Å². The lowest BCUT2D eigenvalue weighted by atomic mass is 10.1. The Labute approximate surface area is 111 Å². The highest BCUT2D eigenvalue weighted by Gasteiger charge is 2.06. The van der Waals surface area contributed by atoms with Crippen molar-refractivity contribution >= 4 is 23.2 Å². The van der Waals surface area contributed by atoms with Crippen molar-refractivity contribution in [1.29, 1.82) is 0 Å². The molecule has 0 bridgehead atoms. The van der Waals surface area contributed by atoms with Crippen molar-refractivity contribution in [2.75, 3.05) is 11.1 Å². The summed E-state index contributed by atoms with van der Waals surface area (Å²) in [5.41, 5.74) is 8.16. The van der Waals surface area contributed by atoms with Crippen LogP contribution in [0.5, 0.6) is 0 Å². The third-order valence-electron chi connectivity index (χ3n) is 2.76. The van der Waals surface area contributed by atoms with Crippen molar-refractivity contribution in [3.05, 3.63) is 46.7 Å². The zero-order valence-electron chi connectivity index (χ0n) is 10.2. The normalized spacial score (nSPS) is 10.3. The summed E-state index contributed by atoms with van der Waals surface area (Å²) in [6.07, 6.45) is 2.40. The third kappa shape index (κ3) is 2.71. The zero-order chi connectivity index (χ0) is 13.0. The van der Waals surface area contributed by atoms with Gasteiger partial charge in [-0.3, -0.25) is 0 Å². The number of nitrogen functional groups attached to an aromatic ring is 1. The van der Waals surface area contributed by atoms with Crippen molar-refractivity contribution in [1.82, 2.24) is 9.97 Å². The lowest BCUT2D eigenvalue weighted by Crippen LogP contribution is -2.06. The molecule has 0 aliphatic heterocycles. The van der Waals surface area contributed by atoms with E-state index in [-0.39, 0.29) is 5.82 Å². The van der Waals surface area contributed by atoms with Crippen LogP contribution >= 0.6 is 11.6 Å². The SMILES string of the molecule is CCc1ccccc1CNc1ncnc(N)c1Cl. The largest absolute Gasteiger partial charge is 0.382 e. The van der Waals surface area contributed by atoms with Gasteiger partial charge in [0.25, 0.3) is 0 Å². The molecule has 2 aromatic rings. The standard InChI is InChI=1S/C13H15ClN4/c1-2-9-5-3-4-6-10(9)7-16-13-11(14)12(15)17-8-18-13/h3-6,8H,2,7H2,1H3,(H3,15,16,17,18). The number of aromatic nitrogens is 2. The Morgan fingerprint density at radius 1 is 1.22 bits per heavy atom. The minimum Gasteiger partial charge on any atom is -0.382 e. The molecule has 2 rings (SSSR count). The lowest BCUT2D eigenvalue weighted by molar-refractivity contribution is 1.03. The van der Waals surface area contributed by atoms with Crippen LogP contribution in [0.3, 0.4) is 0 Å². The topological polar surface area (TPSA) is 63.8 Å². The molecule has 0 spiro atoms. The molecule has 0 aliphatic rings. The van der Waals surface area contributed by atoms with Gasteiger partial charge < -0.3 is 11.1 Å². The molecule has 0 saturated heterocycles. The molecule has 0 radical (unpaired) electrons. The average Bonchev–Trinajstić information content (AvgIpc) is 2.41. The van der Waals surface area contributed by atoms with Crippen LogP contribution in [-0.4, -0.2) is 9.97 Å². The lowest BCUT2D eigenvalue weighted by Gasteiger charge is -2.11. The van der Waals surface area contributed by atoms with Crippen LogP contribution in [0, 0.1) is 0 Å². The molecule has 0 atom stereocenters. The van der Waals surface area contributed by atoms with Gasteiger partial charge in [-0.15, -0.1) is 0 Å². The predicted octanol–water partition coefficient (Wildman–Crippen LogP) is 2.89. The number of aryl methyl sites for hydroxylation is 1. The Kier molecular flexibility index (Phi) is 3.99. The van der Waals surface area contributed by atoms with E-state index in [0.29, 0.717) is 17.4 Å². The Morgan fingerprint density at radius 3 is 2.67 bits per heavy atom. The van der Waals surface area contributed by atoms with Gasteiger partial charge in [-0.05, 0) is 17.5 Å². The van der Waals surface area contributed by atoms with Crippen LogP contribution in [0.2, 0.25) is 5.02 Å². The number of nitrogens with two attached hydrogens (primary N) is 1. The van der Waals surface area contributed by atoms with Crippen LogP contribution < -0.4 is 11.1 Å². The number of benzene rings is 1. The molecule has 5 heteroatoms. The number of hydrogen-bond donors (Lipinski definition) is 2. The Balaban J connectivity index is 2.14. The first-order chi connectivity index (χ1) is 8.72. The highest BCUT2D eigenvalue weighted by atomic mass is 35.5. The minimum absolute atomic E-state index is 0.290. The number of anilines is 2. The van der Waals surface area contributed by atoms with E-state index in [9.17, 15) is 0 Å². The first-order valence-electron chi connectivity index (χ1n) is 5.79. The van der Waals surface area contributed by atoms with Crippen LogP contribution in [-0.2, 0) is 13.0 Å². The number of rotatable bonds is 4. The smallest absolute Gasteiger partial charge is 0.150 e. The van der Waals surface area contributed by atoms with Gasteiger partial charge in [0.1, 0.15) is 17.2 Å². The van der Waals surface area contributed by atoms with E-state index in [1.54, 1.807) is 0 Å². The van der Waals surface area contributed by atoms with Gasteiger partial charge >= 0.3 is 0 Å². The summed E-state index contributed by atoms with van der Waals surface area (Å²) >= 11 is 6.02. The number of halogens is 1. The van der Waals surface area contributed by atoms with Crippen LogP contribution in [0.15, 0.2) is 30.6 Å². The summed E-state index contributed by atoms with van der Waals surface area (Å²) in [5, 5.41) is 3.55. The van der Waals surface area contributed by atoms with E-state index in [1.165, 1.54) is 17.5 Å². The van der Waals surface area contributed by atoms with E-state index < -0.39 is 0 Å². The maximum atomic E-state index is 6.02. The molecule has 18 heavy (non-hydrogen) atoms. The summed E-state index contributed by atoms with van der Waals surface area (Å²) in [4.78, 5) is 7.90. The summed E-state index contributed by atoms with van der Waals surface area (Å²) in [5.74, 6) is 0.855. The van der Waals surface area contributed by atoms with E-state index >= 15 is 0 Å². The van der Waals surface area contributed by atoms with E-state index in [4.69, 9.17) is 17.3 Å². The second-order valence-corrected chi connectivity index (χ2v) is 4.28. The Hall–Kier alpha value is -1.81. The molecule has 1 heterocycles. The number of nitrogens with one attached hydrogen (secondary N) is 1. The van der Waals surface area contributed by atoms with Gasteiger partial charge in [-0.1, -0.05) is 42.8 Å². The molecule has 1 aromatic heterocycles. The molecule has 0 aliphatic carbocycles. The summed E-state index contributed by atoms with van der Waals surface area (Å²) in [6.45, 7) is 2.80. The first-order valence-corrected chi connectivity index (χ1v) is 6.16. The molecule has 94 valence electrons. The van der Waals surface area contributed by atoms with E-state index in [0.717, 1.165) is 6.42 Å². The van der Waals surface area contributed by atoms with E-state index in [2.05, 4.69) is 34.3 Å². The van der Waals surface area contributed by atoms with Gasteiger partial charge in [0.05, 0.1) is 0 Å². The summed E-state index contributed by atoms with van der Waals surface area (Å²) < 4.78 is 0. The highest BCUT2D eigenvalue weighted by molar-refractivity contribution is 6.35. The maximum absolute atomic E-state index is 6.02. The number of hydrogen-bond acceptors (Lipinski definition) is 4. The monoisotopic (exact) mass is 262 g/mol. The maximum Gasteiger partial charge on any atom is 0.150 e. The Bertz CT molecular complexity index is 542. The van der Waals surface area contributed by atoms with Gasteiger partial charge in [-0.2, -0.15) is 0 Å². The second kappa shape index (κ2) is 5.69. The molecule has 3 N–H and O–H groups in total. The van der Waals surface area contributed by atoms with Gasteiger partial charge in [-0.25, -0.2) is 9.97 Å². The fraction of sp³-hybridized carbons (Fsp3) is 0.231. The van der Waals surface area contributed by atoms with Crippen LogP contribution in [0.1, 0.15) is 18.1 Å². The molecule has 0 saturated carbocycles. The fourth-order valence-corrected chi connectivity index (χ4v) is 1.92.